The van der Waals surface area contributed by atoms with E-state index in [4.69, 9.17) is 17.3 Å². The van der Waals surface area contributed by atoms with Crippen molar-refractivity contribution in [2.75, 3.05) is 0 Å². The van der Waals surface area contributed by atoms with Crippen molar-refractivity contribution in [1.29, 1.82) is 0 Å². The third-order valence-corrected chi connectivity index (χ3v) is 1.47. The normalized spacial score (nSPS) is 9.90. The first kappa shape index (κ1) is 7.51. The van der Waals surface area contributed by atoms with Gasteiger partial charge in [0.05, 0.1) is 0 Å². The van der Waals surface area contributed by atoms with E-state index >= 15 is 0 Å². The van der Waals surface area contributed by atoms with Crippen molar-refractivity contribution in [3.63, 3.8) is 0 Å². The molecule has 0 amide bonds. The molecular formula is C7H7ClFN. The summed E-state index contributed by atoms with van der Waals surface area (Å²) in [5.41, 5.74) is 5.71. The van der Waals surface area contributed by atoms with Crippen LogP contribution in [0.25, 0.3) is 0 Å². The Morgan fingerprint density at radius 1 is 1.50 bits per heavy atom. The molecule has 0 fully saturated rings. The van der Waals surface area contributed by atoms with Crippen LogP contribution in [0.4, 0.5) is 4.39 Å². The Kier molecular flexibility index (Phi) is 2.25. The molecule has 3 heteroatoms. The Bertz CT molecular complexity index is 237. The van der Waals surface area contributed by atoms with Crippen molar-refractivity contribution < 1.29 is 4.39 Å². The van der Waals surface area contributed by atoms with Gasteiger partial charge in [0, 0.05) is 17.1 Å². The van der Waals surface area contributed by atoms with Crippen LogP contribution in [0.5, 0.6) is 0 Å². The van der Waals surface area contributed by atoms with E-state index < -0.39 is 0 Å². The topological polar surface area (TPSA) is 26.0 Å². The molecule has 0 aliphatic heterocycles. The lowest BCUT2D eigenvalue weighted by Gasteiger charge is -1.97. The van der Waals surface area contributed by atoms with Crippen LogP contribution in [0.3, 0.4) is 0 Å². The van der Waals surface area contributed by atoms with Gasteiger partial charge in [-0.15, -0.1) is 0 Å². The van der Waals surface area contributed by atoms with Gasteiger partial charge in [0.2, 0.25) is 0 Å². The van der Waals surface area contributed by atoms with Crippen molar-refractivity contribution in [3.8, 4) is 0 Å². The summed E-state index contributed by atoms with van der Waals surface area (Å²) in [4.78, 5) is 0. The molecule has 0 unspecified atom stereocenters. The van der Waals surface area contributed by atoms with Crippen LogP contribution >= 0.6 is 11.6 Å². The summed E-state index contributed by atoms with van der Waals surface area (Å²) >= 11 is 5.49. The molecule has 0 saturated carbocycles. The van der Waals surface area contributed by atoms with Crippen molar-refractivity contribution in [2.45, 2.75) is 6.54 Å². The summed E-state index contributed by atoms with van der Waals surface area (Å²) in [6.45, 7) is 0.211. The zero-order valence-corrected chi connectivity index (χ0v) is 6.03. The fraction of sp³-hybridized carbons (Fsp3) is 0.143. The summed E-state index contributed by atoms with van der Waals surface area (Å²) in [6, 6.07) is 4.45. The van der Waals surface area contributed by atoms with E-state index in [1.807, 2.05) is 0 Å². The maximum Gasteiger partial charge on any atom is 0.129 e. The maximum absolute atomic E-state index is 12.7. The van der Waals surface area contributed by atoms with Gasteiger partial charge in [0.1, 0.15) is 5.82 Å². The third-order valence-electron chi connectivity index (χ3n) is 1.24. The summed E-state index contributed by atoms with van der Waals surface area (Å²) < 4.78 is 12.7. The third kappa shape index (κ3) is 1.46. The van der Waals surface area contributed by atoms with Gasteiger partial charge in [-0.2, -0.15) is 0 Å². The lowest BCUT2D eigenvalue weighted by Crippen LogP contribution is -1.98. The predicted molar refractivity (Wildman–Crippen MR) is 39.3 cm³/mol. The summed E-state index contributed by atoms with van der Waals surface area (Å²) in [6.07, 6.45) is 0. The van der Waals surface area contributed by atoms with Crippen LogP contribution in [0.1, 0.15) is 5.56 Å². The number of halogens is 2. The molecule has 0 aliphatic carbocycles. The van der Waals surface area contributed by atoms with Crippen molar-refractivity contribution >= 4 is 11.6 Å². The molecule has 1 aromatic carbocycles. The number of hydrogen-bond acceptors (Lipinski definition) is 1. The highest BCUT2D eigenvalue weighted by atomic mass is 35.5. The zero-order chi connectivity index (χ0) is 7.56. The molecule has 1 aromatic rings. The largest absolute Gasteiger partial charge is 0.326 e. The Morgan fingerprint density at radius 2 is 2.20 bits per heavy atom. The van der Waals surface area contributed by atoms with E-state index in [2.05, 4.69) is 0 Å². The minimum Gasteiger partial charge on any atom is -0.326 e. The van der Waals surface area contributed by atoms with Gasteiger partial charge in [0.15, 0.2) is 0 Å². The highest BCUT2D eigenvalue weighted by Gasteiger charge is 1.98. The molecule has 2 N–H and O–H groups in total. The smallest absolute Gasteiger partial charge is 0.129 e. The van der Waals surface area contributed by atoms with Crippen LogP contribution in [-0.2, 0) is 6.54 Å². The first-order chi connectivity index (χ1) is 4.74. The molecule has 0 aromatic heterocycles. The van der Waals surface area contributed by atoms with E-state index in [0.717, 1.165) is 0 Å². The van der Waals surface area contributed by atoms with Gasteiger partial charge in [-0.25, -0.2) is 4.39 Å². The van der Waals surface area contributed by atoms with E-state index in [-0.39, 0.29) is 12.4 Å². The molecule has 0 saturated heterocycles. The summed E-state index contributed by atoms with van der Waals surface area (Å²) in [5.74, 6) is -0.338. The van der Waals surface area contributed by atoms with Gasteiger partial charge in [-0.3, -0.25) is 0 Å². The second kappa shape index (κ2) is 2.99. The van der Waals surface area contributed by atoms with E-state index in [1.54, 1.807) is 12.1 Å². The fourth-order valence-electron chi connectivity index (χ4n) is 0.687. The van der Waals surface area contributed by atoms with Gasteiger partial charge in [-0.1, -0.05) is 17.7 Å². The van der Waals surface area contributed by atoms with Crippen LogP contribution in [0, 0.1) is 5.82 Å². The standard InChI is InChI=1S/C7H7ClFN/c8-6-2-1-5(4-10)7(9)3-6/h1-3H,4,10H2. The maximum atomic E-state index is 12.7. The molecule has 0 aliphatic rings. The Labute approximate surface area is 63.6 Å². The molecule has 0 radical (unpaired) electrons. The van der Waals surface area contributed by atoms with Crippen LogP contribution < -0.4 is 5.73 Å². The molecule has 1 nitrogen and oxygen atoms in total. The highest BCUT2D eigenvalue weighted by molar-refractivity contribution is 6.30. The lowest BCUT2D eigenvalue weighted by atomic mass is 10.2. The minimum absolute atomic E-state index is 0.211. The molecule has 0 spiro atoms. The Morgan fingerprint density at radius 3 is 2.70 bits per heavy atom. The van der Waals surface area contributed by atoms with Gasteiger partial charge in [0.25, 0.3) is 0 Å². The Hall–Kier alpha value is -0.600. The highest BCUT2D eigenvalue weighted by Crippen LogP contribution is 2.13. The van der Waals surface area contributed by atoms with Crippen LogP contribution in [-0.4, -0.2) is 0 Å². The summed E-state index contributed by atoms with van der Waals surface area (Å²) in [5, 5.41) is 0.398. The lowest BCUT2D eigenvalue weighted by molar-refractivity contribution is 0.611. The zero-order valence-electron chi connectivity index (χ0n) is 5.27. The van der Waals surface area contributed by atoms with Crippen LogP contribution in [0.2, 0.25) is 5.02 Å². The van der Waals surface area contributed by atoms with Crippen molar-refractivity contribution in [2.24, 2.45) is 5.73 Å². The number of rotatable bonds is 1. The van der Waals surface area contributed by atoms with Crippen LogP contribution in [0.15, 0.2) is 18.2 Å². The number of nitrogens with two attached hydrogens (primary N) is 1. The van der Waals surface area contributed by atoms with Gasteiger partial charge < -0.3 is 5.73 Å². The first-order valence-electron chi connectivity index (χ1n) is 2.88. The molecule has 1 rings (SSSR count). The molecule has 0 atom stereocenters. The quantitative estimate of drug-likeness (QED) is 0.666. The number of benzene rings is 1. The van der Waals surface area contributed by atoms with E-state index in [0.29, 0.717) is 10.6 Å². The molecule has 54 valence electrons. The minimum atomic E-state index is -0.338. The fourth-order valence-corrected chi connectivity index (χ4v) is 0.846. The molecule has 10 heavy (non-hydrogen) atoms. The van der Waals surface area contributed by atoms with Crippen molar-refractivity contribution in [1.82, 2.24) is 0 Å². The average molecular weight is 160 g/mol. The average Bonchev–Trinajstić information content (AvgIpc) is 1.88. The van der Waals surface area contributed by atoms with E-state index in [9.17, 15) is 4.39 Å². The van der Waals surface area contributed by atoms with Gasteiger partial charge in [-0.05, 0) is 12.1 Å². The Balaban J connectivity index is 3.07. The SMILES string of the molecule is NCc1ccc(Cl)cc1F. The first-order valence-corrected chi connectivity index (χ1v) is 3.26. The van der Waals surface area contributed by atoms with Crippen molar-refractivity contribution in [3.05, 3.63) is 34.6 Å². The summed E-state index contributed by atoms with van der Waals surface area (Å²) in [7, 11) is 0. The molecule has 0 heterocycles. The van der Waals surface area contributed by atoms with E-state index in [1.165, 1.54) is 6.07 Å². The number of hydrogen-bond donors (Lipinski definition) is 1. The van der Waals surface area contributed by atoms with Gasteiger partial charge >= 0.3 is 0 Å². The monoisotopic (exact) mass is 159 g/mol. The second-order valence-corrected chi connectivity index (χ2v) is 2.38. The molecule has 0 bridgehead atoms. The predicted octanol–water partition coefficient (Wildman–Crippen LogP) is 1.94. The molecular weight excluding hydrogens is 153 g/mol. The second-order valence-electron chi connectivity index (χ2n) is 1.94.